The first kappa shape index (κ1) is 22.1. The van der Waals surface area contributed by atoms with Crippen LogP contribution in [0.25, 0.3) is 0 Å². The van der Waals surface area contributed by atoms with Crippen molar-refractivity contribution in [2.45, 2.75) is 23.3 Å². The summed E-state index contributed by atoms with van der Waals surface area (Å²) >= 11 is 6.98. The van der Waals surface area contributed by atoms with Gasteiger partial charge in [-0.25, -0.2) is 17.8 Å². The zero-order chi connectivity index (χ0) is 21.1. The molecule has 1 aliphatic rings. The molecule has 3 rings (SSSR count). The molecule has 0 bridgehead atoms. The van der Waals surface area contributed by atoms with E-state index in [1.165, 1.54) is 6.33 Å². The molecule has 1 saturated heterocycles. The first-order valence-electron chi connectivity index (χ1n) is 8.90. The maximum Gasteiger partial charge on any atom is 0.266 e. The van der Waals surface area contributed by atoms with Crippen LogP contribution in [-0.2, 0) is 10.0 Å². The van der Waals surface area contributed by atoms with Crippen molar-refractivity contribution in [3.8, 4) is 0 Å². The summed E-state index contributed by atoms with van der Waals surface area (Å²) in [6, 6.07) is 2.13. The zero-order valence-electron chi connectivity index (χ0n) is 15.4. The van der Waals surface area contributed by atoms with Gasteiger partial charge in [-0.15, -0.1) is 0 Å². The number of anilines is 2. The number of aromatic nitrogens is 2. The summed E-state index contributed by atoms with van der Waals surface area (Å²) in [5.41, 5.74) is 5.06. The molecule has 1 aliphatic heterocycles. The summed E-state index contributed by atoms with van der Waals surface area (Å²) < 4.78 is 44.9. The summed E-state index contributed by atoms with van der Waals surface area (Å²) in [7, 11) is -4.16. The number of hydrogen-bond donors (Lipinski definition) is 4. The highest BCUT2D eigenvalue weighted by atomic mass is 35.5. The number of hydrogen-bond acceptors (Lipinski definition) is 9. The number of nitrogens with two attached hydrogens (primary N) is 1. The van der Waals surface area contributed by atoms with Gasteiger partial charge in [0.15, 0.2) is 0 Å². The van der Waals surface area contributed by atoms with Crippen molar-refractivity contribution in [1.82, 2.24) is 14.3 Å². The van der Waals surface area contributed by atoms with E-state index in [4.69, 9.17) is 17.3 Å². The van der Waals surface area contributed by atoms with Crippen LogP contribution >= 0.6 is 23.1 Å². The highest BCUT2D eigenvalue weighted by Crippen LogP contribution is 2.29. The third-order valence-electron chi connectivity index (χ3n) is 4.53. The van der Waals surface area contributed by atoms with Crippen molar-refractivity contribution < 1.29 is 17.9 Å². The summed E-state index contributed by atoms with van der Waals surface area (Å²) in [5, 5.41) is 13.0. The lowest BCUT2D eigenvalue weighted by Gasteiger charge is -2.46. The van der Waals surface area contributed by atoms with E-state index in [0.717, 1.165) is 43.1 Å². The molecule has 13 heteroatoms. The van der Waals surface area contributed by atoms with Crippen LogP contribution in [0.5, 0.6) is 0 Å². The van der Waals surface area contributed by atoms with Gasteiger partial charge in [0.2, 0.25) is 5.13 Å². The first-order chi connectivity index (χ1) is 13.7. The maximum atomic E-state index is 14.4. The molecule has 0 saturated carbocycles. The van der Waals surface area contributed by atoms with Gasteiger partial charge < -0.3 is 16.2 Å². The van der Waals surface area contributed by atoms with Crippen LogP contribution in [0.1, 0.15) is 12.8 Å². The molecule has 0 radical (unpaired) electrons. The minimum absolute atomic E-state index is 0.0369. The summed E-state index contributed by atoms with van der Waals surface area (Å²) in [5.74, 6) is -0.921. The summed E-state index contributed by atoms with van der Waals surface area (Å²) in [6.45, 7) is 2.80. The monoisotopic (exact) mass is 464 g/mol. The Balaban J connectivity index is 1.50. The number of unbranched alkanes of at least 4 members (excludes halogenated alkanes) is 1. The SMILES string of the molecule is NCC1(O)CN(CCCCNc2cc(F)c(S(=O)(=O)Nc3ncns3)cc2Cl)C1. The molecule has 9 nitrogen and oxygen atoms in total. The van der Waals surface area contributed by atoms with Gasteiger partial charge in [0.25, 0.3) is 10.0 Å². The van der Waals surface area contributed by atoms with E-state index in [0.29, 0.717) is 25.3 Å². The highest BCUT2D eigenvalue weighted by Gasteiger charge is 2.39. The second-order valence-corrected chi connectivity index (χ2v) is 9.73. The van der Waals surface area contributed by atoms with Gasteiger partial charge in [-0.05, 0) is 31.5 Å². The number of rotatable bonds is 10. The molecular formula is C16H22ClFN6O3S2. The summed E-state index contributed by atoms with van der Waals surface area (Å²) in [6.07, 6.45) is 2.87. The number of nitrogens with zero attached hydrogens (tertiary/aromatic N) is 3. The van der Waals surface area contributed by atoms with Crippen LogP contribution in [0.4, 0.5) is 15.2 Å². The second kappa shape index (κ2) is 9.06. The topological polar surface area (TPSA) is 133 Å². The number of nitrogens with one attached hydrogen (secondary N) is 2. The molecule has 0 amide bonds. The molecule has 29 heavy (non-hydrogen) atoms. The lowest BCUT2D eigenvalue weighted by molar-refractivity contribution is -0.0900. The smallest absolute Gasteiger partial charge is 0.266 e. The van der Waals surface area contributed by atoms with Crippen molar-refractivity contribution in [2.75, 3.05) is 42.8 Å². The predicted octanol–water partition coefficient (Wildman–Crippen LogP) is 1.33. The van der Waals surface area contributed by atoms with Gasteiger partial charge in [-0.3, -0.25) is 9.62 Å². The normalized spacial score (nSPS) is 16.4. The van der Waals surface area contributed by atoms with Crippen LogP contribution in [0, 0.1) is 5.82 Å². The third-order valence-corrected chi connectivity index (χ3v) is 6.90. The van der Waals surface area contributed by atoms with E-state index in [1.807, 2.05) is 0 Å². The van der Waals surface area contributed by atoms with Crippen LogP contribution in [0.3, 0.4) is 0 Å². The van der Waals surface area contributed by atoms with Gasteiger partial charge >= 0.3 is 0 Å². The van der Waals surface area contributed by atoms with E-state index < -0.39 is 26.3 Å². The second-order valence-electron chi connectivity index (χ2n) is 6.89. The zero-order valence-corrected chi connectivity index (χ0v) is 17.8. The van der Waals surface area contributed by atoms with Gasteiger partial charge in [-0.1, -0.05) is 11.6 Å². The van der Waals surface area contributed by atoms with Crippen LogP contribution < -0.4 is 15.8 Å². The van der Waals surface area contributed by atoms with Crippen molar-refractivity contribution in [3.63, 3.8) is 0 Å². The molecule has 0 spiro atoms. The number of benzene rings is 1. The van der Waals surface area contributed by atoms with E-state index in [-0.39, 0.29) is 16.7 Å². The Hall–Kier alpha value is -1.57. The first-order valence-corrected chi connectivity index (χ1v) is 11.5. The third kappa shape index (κ3) is 5.53. The number of likely N-dealkylation sites (tertiary alicyclic amines) is 1. The fraction of sp³-hybridized carbons (Fsp3) is 0.500. The lowest BCUT2D eigenvalue weighted by atomic mass is 9.94. The quantitative estimate of drug-likeness (QED) is 0.387. The Labute approximate surface area is 177 Å². The van der Waals surface area contributed by atoms with E-state index in [9.17, 15) is 17.9 Å². The molecule has 160 valence electrons. The number of sulfonamides is 1. The predicted molar refractivity (Wildman–Crippen MR) is 110 cm³/mol. The van der Waals surface area contributed by atoms with E-state index >= 15 is 0 Å². The fourth-order valence-corrected chi connectivity index (χ4v) is 5.06. The molecule has 0 atom stereocenters. The van der Waals surface area contributed by atoms with Gasteiger partial charge in [0.05, 0.1) is 10.7 Å². The van der Waals surface area contributed by atoms with Crippen molar-refractivity contribution in [1.29, 1.82) is 0 Å². The molecule has 2 heterocycles. The minimum atomic E-state index is -4.16. The molecule has 0 aliphatic carbocycles. The average Bonchev–Trinajstić information content (AvgIpc) is 3.14. The number of aliphatic hydroxyl groups is 1. The van der Waals surface area contributed by atoms with Crippen molar-refractivity contribution in [3.05, 3.63) is 29.3 Å². The van der Waals surface area contributed by atoms with Crippen molar-refractivity contribution >= 4 is 44.0 Å². The Bertz CT molecular complexity index is 938. The van der Waals surface area contributed by atoms with E-state index in [1.54, 1.807) is 0 Å². The Morgan fingerprint density at radius 2 is 2.14 bits per heavy atom. The molecule has 0 unspecified atom stereocenters. The van der Waals surface area contributed by atoms with Crippen LogP contribution in [0.2, 0.25) is 5.02 Å². The minimum Gasteiger partial charge on any atom is -0.386 e. The standard InChI is InChI=1S/C16H22ClFN6O3S2/c17-11-5-14(29(26,27)23-15-21-10-22-28-15)12(18)6-13(11)20-3-1-2-4-24-8-16(25,7-19)9-24/h5-6,10,20,25H,1-4,7-9,19H2,(H,21,22,23). The molecule has 2 aromatic rings. The molecule has 5 N–H and O–H groups in total. The Morgan fingerprint density at radius 1 is 1.38 bits per heavy atom. The highest BCUT2D eigenvalue weighted by molar-refractivity contribution is 7.93. The Kier molecular flexibility index (Phi) is 6.91. The van der Waals surface area contributed by atoms with Crippen LogP contribution in [0.15, 0.2) is 23.4 Å². The van der Waals surface area contributed by atoms with E-state index in [2.05, 4.69) is 24.3 Å². The van der Waals surface area contributed by atoms with Gasteiger partial charge in [0.1, 0.15) is 22.6 Å². The molecule has 1 fully saturated rings. The van der Waals surface area contributed by atoms with Gasteiger partial charge in [0, 0.05) is 37.7 Å². The summed E-state index contributed by atoms with van der Waals surface area (Å²) in [4.78, 5) is 5.27. The molecular weight excluding hydrogens is 443 g/mol. The van der Waals surface area contributed by atoms with Crippen molar-refractivity contribution in [2.24, 2.45) is 5.73 Å². The largest absolute Gasteiger partial charge is 0.386 e. The number of halogens is 2. The Morgan fingerprint density at radius 3 is 2.79 bits per heavy atom. The molecule has 1 aromatic carbocycles. The lowest BCUT2D eigenvalue weighted by Crippen LogP contribution is -2.65. The van der Waals surface area contributed by atoms with Gasteiger partial charge in [-0.2, -0.15) is 4.37 Å². The fourth-order valence-electron chi connectivity index (χ4n) is 3.01. The number of β-amino-alcohol motifs (C(OH)–C–C–N with tert-alkyl or cyclic N) is 1. The maximum absolute atomic E-state index is 14.4. The molecule has 1 aromatic heterocycles. The van der Waals surface area contributed by atoms with Crippen LogP contribution in [-0.4, -0.2) is 66.1 Å². The average molecular weight is 465 g/mol.